The van der Waals surface area contributed by atoms with Crippen molar-refractivity contribution in [2.24, 2.45) is 7.05 Å². The molecule has 1 aromatic heterocycles. The summed E-state index contributed by atoms with van der Waals surface area (Å²) in [6.07, 6.45) is 1.51. The van der Waals surface area contributed by atoms with Crippen molar-refractivity contribution >= 4 is 15.7 Å². The van der Waals surface area contributed by atoms with E-state index in [1.165, 1.54) is 12.4 Å². The maximum absolute atomic E-state index is 12.3. The van der Waals surface area contributed by atoms with Crippen LogP contribution in [0.3, 0.4) is 0 Å². The Morgan fingerprint density at radius 3 is 2.65 bits per heavy atom. The molecule has 1 aromatic carbocycles. The minimum Gasteiger partial charge on any atom is -0.399 e. The number of nitrogens with one attached hydrogen (secondary N) is 1. The zero-order valence-corrected chi connectivity index (χ0v) is 12.4. The van der Waals surface area contributed by atoms with E-state index in [-0.39, 0.29) is 11.4 Å². The second-order valence-corrected chi connectivity index (χ2v) is 6.38. The lowest BCUT2D eigenvalue weighted by Crippen LogP contribution is -2.25. The number of nitrogens with zero attached hydrogens (tertiary/aromatic N) is 3. The number of aromatic nitrogens is 3. The lowest BCUT2D eigenvalue weighted by Gasteiger charge is -2.12. The molecule has 0 fully saturated rings. The van der Waals surface area contributed by atoms with Crippen LogP contribution in [0.5, 0.6) is 0 Å². The van der Waals surface area contributed by atoms with Crippen LogP contribution in [-0.2, 0) is 23.6 Å². The van der Waals surface area contributed by atoms with Gasteiger partial charge in [0.15, 0.2) is 0 Å². The van der Waals surface area contributed by atoms with E-state index in [1.807, 2.05) is 6.92 Å². The van der Waals surface area contributed by atoms with E-state index in [1.54, 1.807) is 24.6 Å². The second kappa shape index (κ2) is 5.22. The molecule has 1 heterocycles. The van der Waals surface area contributed by atoms with Crippen molar-refractivity contribution in [3.8, 4) is 0 Å². The van der Waals surface area contributed by atoms with Gasteiger partial charge in [-0.3, -0.25) is 0 Å². The zero-order valence-electron chi connectivity index (χ0n) is 11.6. The summed E-state index contributed by atoms with van der Waals surface area (Å²) in [5.74, 6) is 0.534. The summed E-state index contributed by atoms with van der Waals surface area (Å²) in [5.41, 5.74) is 7.67. The van der Waals surface area contributed by atoms with Crippen LogP contribution < -0.4 is 10.5 Å². The Kier molecular flexibility index (Phi) is 3.78. The van der Waals surface area contributed by atoms with Gasteiger partial charge < -0.3 is 10.3 Å². The maximum Gasteiger partial charge on any atom is 0.241 e. The normalized spacial score (nSPS) is 11.8. The van der Waals surface area contributed by atoms with E-state index in [0.29, 0.717) is 17.1 Å². The summed E-state index contributed by atoms with van der Waals surface area (Å²) in [4.78, 5) is 0.192. The highest BCUT2D eigenvalue weighted by Gasteiger charge is 2.19. The highest BCUT2D eigenvalue weighted by atomic mass is 32.2. The summed E-state index contributed by atoms with van der Waals surface area (Å²) in [6.45, 7) is 3.66. The van der Waals surface area contributed by atoms with Crippen molar-refractivity contribution in [2.45, 2.75) is 25.3 Å². The number of hydrogen-bond donors (Lipinski definition) is 2. The molecule has 0 unspecified atom stereocenters. The van der Waals surface area contributed by atoms with Crippen LogP contribution in [0.25, 0.3) is 0 Å². The molecule has 2 aromatic rings. The first-order valence-electron chi connectivity index (χ1n) is 6.00. The molecule has 0 radical (unpaired) electrons. The van der Waals surface area contributed by atoms with Gasteiger partial charge in [0.2, 0.25) is 10.0 Å². The summed E-state index contributed by atoms with van der Waals surface area (Å²) in [7, 11) is -1.89. The van der Waals surface area contributed by atoms with Crippen LogP contribution in [-0.4, -0.2) is 23.2 Å². The van der Waals surface area contributed by atoms with Gasteiger partial charge in [0.25, 0.3) is 0 Å². The van der Waals surface area contributed by atoms with Crippen molar-refractivity contribution in [2.75, 3.05) is 5.73 Å². The molecular weight excluding hydrogens is 278 g/mol. The number of nitrogens with two attached hydrogens (primary N) is 1. The maximum atomic E-state index is 12.3. The number of benzene rings is 1. The molecule has 0 spiro atoms. The highest BCUT2D eigenvalue weighted by Crippen LogP contribution is 2.22. The summed E-state index contributed by atoms with van der Waals surface area (Å²) >= 11 is 0. The molecule has 0 aliphatic rings. The first-order valence-corrected chi connectivity index (χ1v) is 7.49. The molecule has 0 saturated heterocycles. The molecule has 108 valence electrons. The number of rotatable bonds is 4. The predicted octanol–water partition coefficient (Wildman–Crippen LogP) is 0.493. The number of aryl methyl sites for hydroxylation is 2. The fourth-order valence-corrected chi connectivity index (χ4v) is 3.17. The van der Waals surface area contributed by atoms with Crippen molar-refractivity contribution in [3.05, 3.63) is 35.4 Å². The summed E-state index contributed by atoms with van der Waals surface area (Å²) in [6, 6.07) is 3.21. The molecule has 3 N–H and O–H groups in total. The Morgan fingerprint density at radius 2 is 2.05 bits per heavy atom. The molecule has 0 saturated carbocycles. The van der Waals surface area contributed by atoms with Gasteiger partial charge in [0, 0.05) is 12.7 Å². The molecular formula is C12H17N5O2S. The third-order valence-electron chi connectivity index (χ3n) is 3.16. The van der Waals surface area contributed by atoms with Crippen molar-refractivity contribution in [1.29, 1.82) is 0 Å². The largest absolute Gasteiger partial charge is 0.399 e. The number of hydrogen-bond acceptors (Lipinski definition) is 5. The van der Waals surface area contributed by atoms with E-state index >= 15 is 0 Å². The van der Waals surface area contributed by atoms with Gasteiger partial charge in [-0.25, -0.2) is 13.1 Å². The highest BCUT2D eigenvalue weighted by molar-refractivity contribution is 7.89. The van der Waals surface area contributed by atoms with Gasteiger partial charge in [0.1, 0.15) is 12.2 Å². The van der Waals surface area contributed by atoms with Crippen LogP contribution in [0, 0.1) is 13.8 Å². The van der Waals surface area contributed by atoms with Gasteiger partial charge in [-0.15, -0.1) is 10.2 Å². The predicted molar refractivity (Wildman–Crippen MR) is 75.4 cm³/mol. The third-order valence-corrected chi connectivity index (χ3v) is 4.68. The Bertz CT molecular complexity index is 736. The minimum absolute atomic E-state index is 0.0755. The Morgan fingerprint density at radius 1 is 1.35 bits per heavy atom. The SMILES string of the molecule is Cc1cc(N)cc(S(=O)(=O)NCc2nncn2C)c1C. The Hall–Kier alpha value is -1.93. The van der Waals surface area contributed by atoms with Gasteiger partial charge >= 0.3 is 0 Å². The van der Waals surface area contributed by atoms with Gasteiger partial charge in [-0.2, -0.15) is 0 Å². The molecule has 7 nitrogen and oxygen atoms in total. The minimum atomic E-state index is -3.64. The van der Waals surface area contributed by atoms with Crippen LogP contribution in [0.2, 0.25) is 0 Å². The van der Waals surface area contributed by atoms with Crippen LogP contribution >= 0.6 is 0 Å². The fourth-order valence-electron chi connectivity index (χ4n) is 1.84. The average molecular weight is 295 g/mol. The van der Waals surface area contributed by atoms with E-state index in [4.69, 9.17) is 5.73 Å². The molecule has 0 aliphatic carbocycles. The molecule has 0 bridgehead atoms. The molecule has 20 heavy (non-hydrogen) atoms. The lowest BCUT2D eigenvalue weighted by atomic mass is 10.1. The quantitative estimate of drug-likeness (QED) is 0.799. The Balaban J connectivity index is 2.29. The smallest absolute Gasteiger partial charge is 0.241 e. The molecule has 0 aliphatic heterocycles. The van der Waals surface area contributed by atoms with E-state index in [9.17, 15) is 8.42 Å². The lowest BCUT2D eigenvalue weighted by molar-refractivity contribution is 0.576. The fraction of sp³-hybridized carbons (Fsp3) is 0.333. The first-order chi connectivity index (χ1) is 9.31. The third kappa shape index (κ3) is 2.81. The second-order valence-electron chi connectivity index (χ2n) is 4.64. The van der Waals surface area contributed by atoms with E-state index in [2.05, 4.69) is 14.9 Å². The number of nitrogen functional groups attached to an aromatic ring is 1. The first kappa shape index (κ1) is 14.5. The van der Waals surface area contributed by atoms with Gasteiger partial charge in [-0.05, 0) is 37.1 Å². The van der Waals surface area contributed by atoms with Crippen molar-refractivity contribution in [3.63, 3.8) is 0 Å². The monoisotopic (exact) mass is 295 g/mol. The zero-order chi connectivity index (χ0) is 14.9. The van der Waals surface area contributed by atoms with E-state index < -0.39 is 10.0 Å². The average Bonchev–Trinajstić information content (AvgIpc) is 2.77. The van der Waals surface area contributed by atoms with Crippen molar-refractivity contribution < 1.29 is 8.42 Å². The van der Waals surface area contributed by atoms with Gasteiger partial charge in [-0.1, -0.05) is 0 Å². The molecule has 0 amide bonds. The standard InChI is InChI=1S/C12H17N5O2S/c1-8-4-10(13)5-11(9(8)2)20(18,19)15-6-12-16-14-7-17(12)3/h4-5,7,15H,6,13H2,1-3H3. The van der Waals surface area contributed by atoms with Crippen LogP contribution in [0.4, 0.5) is 5.69 Å². The molecule has 2 rings (SSSR count). The topological polar surface area (TPSA) is 103 Å². The Labute approximate surface area is 117 Å². The summed E-state index contributed by atoms with van der Waals surface area (Å²) < 4.78 is 28.8. The van der Waals surface area contributed by atoms with E-state index in [0.717, 1.165) is 5.56 Å². The van der Waals surface area contributed by atoms with Crippen LogP contribution in [0.15, 0.2) is 23.4 Å². The molecule has 8 heteroatoms. The molecule has 0 atom stereocenters. The number of anilines is 1. The van der Waals surface area contributed by atoms with Crippen LogP contribution in [0.1, 0.15) is 17.0 Å². The summed E-state index contributed by atoms with van der Waals surface area (Å²) in [5, 5.41) is 7.53. The van der Waals surface area contributed by atoms with Crippen molar-refractivity contribution in [1.82, 2.24) is 19.5 Å². The van der Waals surface area contributed by atoms with Gasteiger partial charge in [0.05, 0.1) is 11.4 Å². The number of sulfonamides is 1.